The number of imidazole rings is 1. The summed E-state index contributed by atoms with van der Waals surface area (Å²) in [6.07, 6.45) is 6.25. The summed E-state index contributed by atoms with van der Waals surface area (Å²) in [6, 6.07) is 1.86. The summed E-state index contributed by atoms with van der Waals surface area (Å²) in [5.74, 6) is 0.545. The minimum Gasteiger partial charge on any atom is -0.376 e. The molecule has 0 aromatic carbocycles. The van der Waals surface area contributed by atoms with Crippen LogP contribution in [0.25, 0.3) is 0 Å². The molecule has 3 heterocycles. The normalized spacial score (nSPS) is 17.8. The van der Waals surface area contributed by atoms with Gasteiger partial charge in [-0.1, -0.05) is 11.8 Å². The molecule has 1 fully saturated rings. The van der Waals surface area contributed by atoms with Crippen molar-refractivity contribution in [1.29, 1.82) is 0 Å². The van der Waals surface area contributed by atoms with Gasteiger partial charge in [0.15, 0.2) is 10.9 Å². The number of carbonyl (C=O) groups excluding carboxylic acids is 1. The van der Waals surface area contributed by atoms with Crippen molar-refractivity contribution in [2.75, 3.05) is 12.4 Å². The van der Waals surface area contributed by atoms with Crippen molar-refractivity contribution in [3.05, 3.63) is 35.4 Å². The highest BCUT2D eigenvalue weighted by Crippen LogP contribution is 2.25. The van der Waals surface area contributed by atoms with Gasteiger partial charge in [-0.3, -0.25) is 4.79 Å². The Labute approximate surface area is 141 Å². The molecule has 2 aromatic heterocycles. The number of ether oxygens (including phenoxy) is 1. The van der Waals surface area contributed by atoms with Gasteiger partial charge < -0.3 is 13.9 Å². The Bertz CT molecular complexity index is 699. The van der Waals surface area contributed by atoms with Crippen LogP contribution in [0.1, 0.15) is 34.6 Å². The molecule has 3 rings (SSSR count). The third-order valence-corrected chi connectivity index (χ3v) is 5.30. The summed E-state index contributed by atoms with van der Waals surface area (Å²) in [7, 11) is 1.92. The summed E-state index contributed by atoms with van der Waals surface area (Å²) in [5, 5.41) is 0.916. The van der Waals surface area contributed by atoms with Crippen molar-refractivity contribution in [3.63, 3.8) is 0 Å². The number of Topliss-reactive ketones (excluding diaryl/α,β-unsaturated/α-hetero) is 1. The SMILES string of the molecule is Cc1nc(SCC(=O)c2ccn(C)c2)n(C[C@@H]2CCCO2)c1C. The fourth-order valence-corrected chi connectivity index (χ4v) is 3.82. The van der Waals surface area contributed by atoms with E-state index in [1.54, 1.807) is 0 Å². The van der Waals surface area contributed by atoms with E-state index < -0.39 is 0 Å². The van der Waals surface area contributed by atoms with Gasteiger partial charge in [-0.2, -0.15) is 0 Å². The lowest BCUT2D eigenvalue weighted by Gasteiger charge is -2.14. The van der Waals surface area contributed by atoms with Crippen LogP contribution in [-0.4, -0.2) is 38.4 Å². The molecule has 0 saturated carbocycles. The molecule has 1 aliphatic rings. The minimum absolute atomic E-state index is 0.137. The van der Waals surface area contributed by atoms with Crippen LogP contribution in [0.2, 0.25) is 0 Å². The lowest BCUT2D eigenvalue weighted by atomic mass is 10.2. The summed E-state index contributed by atoms with van der Waals surface area (Å²) in [5.41, 5.74) is 2.94. The zero-order valence-corrected chi connectivity index (χ0v) is 14.7. The maximum atomic E-state index is 12.3. The zero-order chi connectivity index (χ0) is 16.4. The molecule has 0 N–H and O–H groups in total. The molecule has 0 radical (unpaired) electrons. The maximum Gasteiger partial charge on any atom is 0.174 e. The quantitative estimate of drug-likeness (QED) is 0.602. The first-order valence-corrected chi connectivity index (χ1v) is 8.96. The summed E-state index contributed by atoms with van der Waals surface area (Å²) in [6.45, 7) is 5.78. The molecular formula is C17H23N3O2S. The van der Waals surface area contributed by atoms with E-state index in [4.69, 9.17) is 4.74 Å². The van der Waals surface area contributed by atoms with Crippen LogP contribution in [0.4, 0.5) is 0 Å². The van der Waals surface area contributed by atoms with E-state index in [1.165, 1.54) is 11.8 Å². The maximum absolute atomic E-state index is 12.3. The number of hydrogen-bond acceptors (Lipinski definition) is 4. The van der Waals surface area contributed by atoms with Crippen molar-refractivity contribution in [1.82, 2.24) is 14.1 Å². The molecule has 6 heteroatoms. The van der Waals surface area contributed by atoms with Crippen molar-refractivity contribution in [2.24, 2.45) is 7.05 Å². The monoisotopic (exact) mass is 333 g/mol. The molecule has 124 valence electrons. The van der Waals surface area contributed by atoms with E-state index in [0.717, 1.165) is 48.1 Å². The van der Waals surface area contributed by atoms with Gasteiger partial charge in [0, 0.05) is 37.3 Å². The van der Waals surface area contributed by atoms with Crippen LogP contribution < -0.4 is 0 Å². The van der Waals surface area contributed by atoms with E-state index in [-0.39, 0.29) is 11.9 Å². The highest BCUT2D eigenvalue weighted by atomic mass is 32.2. The van der Waals surface area contributed by atoms with Gasteiger partial charge in [-0.05, 0) is 32.8 Å². The average Bonchev–Trinajstić information content (AvgIpc) is 3.23. The van der Waals surface area contributed by atoms with Crippen molar-refractivity contribution < 1.29 is 9.53 Å². The predicted molar refractivity (Wildman–Crippen MR) is 91.1 cm³/mol. The van der Waals surface area contributed by atoms with Crippen LogP contribution >= 0.6 is 11.8 Å². The molecule has 5 nitrogen and oxygen atoms in total. The molecule has 0 spiro atoms. The predicted octanol–water partition coefficient (Wildman–Crippen LogP) is 2.99. The average molecular weight is 333 g/mol. The first kappa shape index (κ1) is 16.3. The second-order valence-electron chi connectivity index (χ2n) is 6.09. The zero-order valence-electron chi connectivity index (χ0n) is 13.9. The van der Waals surface area contributed by atoms with E-state index >= 15 is 0 Å². The number of nitrogens with zero attached hydrogens (tertiary/aromatic N) is 3. The topological polar surface area (TPSA) is 49.0 Å². The van der Waals surface area contributed by atoms with E-state index in [1.807, 2.05) is 37.0 Å². The van der Waals surface area contributed by atoms with Gasteiger partial charge in [0.1, 0.15) is 0 Å². The third kappa shape index (κ3) is 3.70. The summed E-state index contributed by atoms with van der Waals surface area (Å²) >= 11 is 1.52. The smallest absolute Gasteiger partial charge is 0.174 e. The Morgan fingerprint density at radius 3 is 2.96 bits per heavy atom. The Morgan fingerprint density at radius 1 is 1.48 bits per heavy atom. The summed E-state index contributed by atoms with van der Waals surface area (Å²) in [4.78, 5) is 16.9. The first-order chi connectivity index (χ1) is 11.0. The van der Waals surface area contributed by atoms with Crippen LogP contribution in [-0.2, 0) is 18.3 Å². The molecular weight excluding hydrogens is 310 g/mol. The van der Waals surface area contributed by atoms with Crippen LogP contribution in [0.15, 0.2) is 23.6 Å². The Kier molecular flexibility index (Phi) is 4.92. The van der Waals surface area contributed by atoms with Crippen molar-refractivity contribution >= 4 is 17.5 Å². The second kappa shape index (κ2) is 6.93. The van der Waals surface area contributed by atoms with E-state index in [9.17, 15) is 4.79 Å². The van der Waals surface area contributed by atoms with Crippen LogP contribution in [0, 0.1) is 13.8 Å². The number of ketones is 1. The fourth-order valence-electron chi connectivity index (χ4n) is 2.82. The number of carbonyl (C=O) groups is 1. The molecule has 1 aliphatic heterocycles. The third-order valence-electron chi connectivity index (χ3n) is 4.32. The fraction of sp³-hybridized carbons (Fsp3) is 0.529. The number of hydrogen-bond donors (Lipinski definition) is 0. The van der Waals surface area contributed by atoms with Crippen LogP contribution in [0.3, 0.4) is 0 Å². The van der Waals surface area contributed by atoms with Crippen molar-refractivity contribution in [3.8, 4) is 0 Å². The Hall–Kier alpha value is -1.53. The number of rotatable bonds is 6. The van der Waals surface area contributed by atoms with Gasteiger partial charge in [-0.15, -0.1) is 0 Å². The molecule has 0 unspecified atom stereocenters. The van der Waals surface area contributed by atoms with Crippen LogP contribution in [0.5, 0.6) is 0 Å². The lowest BCUT2D eigenvalue weighted by Crippen LogP contribution is -2.17. The van der Waals surface area contributed by atoms with Crippen molar-refractivity contribution in [2.45, 2.75) is 44.5 Å². The molecule has 0 aliphatic carbocycles. The minimum atomic E-state index is 0.137. The standard InChI is InChI=1S/C17H23N3O2S/c1-12-13(2)20(10-15-5-4-8-22-15)17(18-12)23-11-16(21)14-6-7-19(3)9-14/h6-7,9,15H,4-5,8,10-11H2,1-3H3/t15-/m0/s1. The highest BCUT2D eigenvalue weighted by molar-refractivity contribution is 7.99. The van der Waals surface area contributed by atoms with Gasteiger partial charge >= 0.3 is 0 Å². The largest absolute Gasteiger partial charge is 0.376 e. The highest BCUT2D eigenvalue weighted by Gasteiger charge is 2.21. The molecule has 0 bridgehead atoms. The number of thioether (sulfide) groups is 1. The summed E-state index contributed by atoms with van der Waals surface area (Å²) < 4.78 is 9.84. The van der Waals surface area contributed by atoms with E-state index in [2.05, 4.69) is 16.5 Å². The number of aromatic nitrogens is 3. The van der Waals surface area contributed by atoms with Gasteiger partial charge in [0.2, 0.25) is 0 Å². The molecule has 0 amide bonds. The van der Waals surface area contributed by atoms with Gasteiger partial charge in [0.05, 0.1) is 24.1 Å². The molecule has 1 saturated heterocycles. The Balaban J connectivity index is 1.69. The van der Waals surface area contributed by atoms with Gasteiger partial charge in [0.25, 0.3) is 0 Å². The number of aryl methyl sites for hydroxylation is 2. The molecule has 1 atom stereocenters. The first-order valence-electron chi connectivity index (χ1n) is 7.98. The lowest BCUT2D eigenvalue weighted by molar-refractivity contribution is 0.0945. The van der Waals surface area contributed by atoms with Gasteiger partial charge in [-0.25, -0.2) is 4.98 Å². The molecule has 2 aromatic rings. The van der Waals surface area contributed by atoms with E-state index in [0.29, 0.717) is 5.75 Å². The Morgan fingerprint density at radius 2 is 2.30 bits per heavy atom. The molecule has 23 heavy (non-hydrogen) atoms. The second-order valence-corrected chi connectivity index (χ2v) is 7.03.